The summed E-state index contributed by atoms with van der Waals surface area (Å²) >= 11 is 0. The molecule has 2 N–H and O–H groups in total. The molecular formula is C13H12FN3O3. The van der Waals surface area contributed by atoms with E-state index in [0.717, 1.165) is 6.07 Å². The summed E-state index contributed by atoms with van der Waals surface area (Å²) < 4.78 is 19.0. The standard InChI is InChI=1S/C13H12FN3O3/c1-8-5-12(10(14)6-11(8)17(18)19)20-7-9-3-2-4-13(15)16-9/h2-6H,7H2,1H3,(H2,15,16). The molecule has 1 aromatic heterocycles. The fraction of sp³-hybridized carbons (Fsp3) is 0.154. The molecule has 0 aliphatic carbocycles. The zero-order valence-corrected chi connectivity index (χ0v) is 10.7. The summed E-state index contributed by atoms with van der Waals surface area (Å²) in [6.45, 7) is 1.54. The number of hydrogen-bond donors (Lipinski definition) is 1. The fourth-order valence-corrected chi connectivity index (χ4v) is 1.68. The third-order valence-electron chi connectivity index (χ3n) is 2.65. The molecule has 0 aliphatic heterocycles. The van der Waals surface area contributed by atoms with Crippen molar-refractivity contribution in [2.75, 3.05) is 5.73 Å². The smallest absolute Gasteiger partial charge is 0.275 e. The molecule has 1 heterocycles. The number of nitro groups is 1. The lowest BCUT2D eigenvalue weighted by Crippen LogP contribution is -2.02. The summed E-state index contributed by atoms with van der Waals surface area (Å²) in [5.41, 5.74) is 6.11. The number of aryl methyl sites for hydroxylation is 1. The third kappa shape index (κ3) is 3.00. The molecule has 0 atom stereocenters. The van der Waals surface area contributed by atoms with Crippen molar-refractivity contribution in [3.63, 3.8) is 0 Å². The summed E-state index contributed by atoms with van der Waals surface area (Å²) in [5.74, 6) is -0.505. The Labute approximate surface area is 114 Å². The number of halogens is 1. The Morgan fingerprint density at radius 1 is 1.45 bits per heavy atom. The molecule has 0 fully saturated rings. The first-order valence-electron chi connectivity index (χ1n) is 5.76. The van der Waals surface area contributed by atoms with Gasteiger partial charge in [0.2, 0.25) is 0 Å². The Hall–Kier alpha value is -2.70. The molecule has 6 nitrogen and oxygen atoms in total. The zero-order valence-electron chi connectivity index (χ0n) is 10.7. The van der Waals surface area contributed by atoms with Crippen LogP contribution < -0.4 is 10.5 Å². The van der Waals surface area contributed by atoms with Crippen molar-refractivity contribution in [1.82, 2.24) is 4.98 Å². The van der Waals surface area contributed by atoms with Crippen LogP contribution in [0.15, 0.2) is 30.3 Å². The highest BCUT2D eigenvalue weighted by atomic mass is 19.1. The maximum Gasteiger partial charge on any atom is 0.275 e. The second-order valence-electron chi connectivity index (χ2n) is 4.17. The summed E-state index contributed by atoms with van der Waals surface area (Å²) in [6, 6.07) is 7.16. The van der Waals surface area contributed by atoms with Crippen molar-refractivity contribution in [3.05, 3.63) is 57.5 Å². The van der Waals surface area contributed by atoms with Crippen molar-refractivity contribution >= 4 is 11.5 Å². The van der Waals surface area contributed by atoms with Crippen LogP contribution in [-0.4, -0.2) is 9.91 Å². The van der Waals surface area contributed by atoms with E-state index in [2.05, 4.69) is 4.98 Å². The number of pyridine rings is 1. The van der Waals surface area contributed by atoms with Crippen LogP contribution in [0.25, 0.3) is 0 Å². The Kier molecular flexibility index (Phi) is 3.79. The lowest BCUT2D eigenvalue weighted by Gasteiger charge is -2.08. The maximum atomic E-state index is 13.7. The molecule has 0 amide bonds. The van der Waals surface area contributed by atoms with Crippen molar-refractivity contribution in [2.24, 2.45) is 0 Å². The minimum absolute atomic E-state index is 0.0270. The number of nitrogen functional groups attached to an aromatic ring is 1. The molecule has 2 rings (SSSR count). The summed E-state index contributed by atoms with van der Waals surface area (Å²) in [5, 5.41) is 10.7. The molecule has 0 saturated carbocycles. The van der Waals surface area contributed by atoms with E-state index >= 15 is 0 Å². The molecule has 0 bridgehead atoms. The van der Waals surface area contributed by atoms with E-state index in [9.17, 15) is 14.5 Å². The SMILES string of the molecule is Cc1cc(OCc2cccc(N)n2)c(F)cc1[N+](=O)[O-]. The minimum Gasteiger partial charge on any atom is -0.484 e. The molecule has 0 radical (unpaired) electrons. The first-order chi connectivity index (χ1) is 9.47. The topological polar surface area (TPSA) is 91.3 Å². The Balaban J connectivity index is 2.18. The van der Waals surface area contributed by atoms with Gasteiger partial charge in [-0.2, -0.15) is 0 Å². The molecule has 0 unspecified atom stereocenters. The van der Waals surface area contributed by atoms with Crippen molar-refractivity contribution < 1.29 is 14.1 Å². The van der Waals surface area contributed by atoms with Crippen LogP contribution in [0.3, 0.4) is 0 Å². The molecule has 7 heteroatoms. The number of benzene rings is 1. The fourth-order valence-electron chi connectivity index (χ4n) is 1.68. The molecule has 1 aromatic carbocycles. The van der Waals surface area contributed by atoms with E-state index in [4.69, 9.17) is 10.5 Å². The van der Waals surface area contributed by atoms with Crippen LogP contribution >= 0.6 is 0 Å². The largest absolute Gasteiger partial charge is 0.484 e. The highest BCUT2D eigenvalue weighted by molar-refractivity contribution is 5.45. The minimum atomic E-state index is -0.786. The monoisotopic (exact) mass is 277 g/mol. The predicted molar refractivity (Wildman–Crippen MR) is 70.8 cm³/mol. The lowest BCUT2D eigenvalue weighted by atomic mass is 10.2. The predicted octanol–water partition coefficient (Wildman–Crippen LogP) is 2.60. The normalized spacial score (nSPS) is 10.3. The number of nitrogens with zero attached hydrogens (tertiary/aromatic N) is 2. The molecule has 0 spiro atoms. The van der Waals surface area contributed by atoms with Gasteiger partial charge in [0.25, 0.3) is 5.69 Å². The molecule has 0 saturated heterocycles. The van der Waals surface area contributed by atoms with Gasteiger partial charge >= 0.3 is 0 Å². The van der Waals surface area contributed by atoms with Gasteiger partial charge in [-0.15, -0.1) is 0 Å². The lowest BCUT2D eigenvalue weighted by molar-refractivity contribution is -0.385. The van der Waals surface area contributed by atoms with Gasteiger partial charge in [0.15, 0.2) is 11.6 Å². The number of nitrogens with two attached hydrogens (primary N) is 1. The van der Waals surface area contributed by atoms with Crippen LogP contribution in [0.2, 0.25) is 0 Å². The molecule has 2 aromatic rings. The van der Waals surface area contributed by atoms with Crippen LogP contribution in [0.5, 0.6) is 5.75 Å². The van der Waals surface area contributed by atoms with Gasteiger partial charge in [0.1, 0.15) is 12.4 Å². The summed E-state index contributed by atoms with van der Waals surface area (Å²) in [4.78, 5) is 14.0. The van der Waals surface area contributed by atoms with E-state index in [1.165, 1.54) is 13.0 Å². The van der Waals surface area contributed by atoms with Gasteiger partial charge < -0.3 is 10.5 Å². The first kappa shape index (κ1) is 13.7. The van der Waals surface area contributed by atoms with E-state index in [0.29, 0.717) is 17.1 Å². The highest BCUT2D eigenvalue weighted by Gasteiger charge is 2.16. The quantitative estimate of drug-likeness (QED) is 0.685. The summed E-state index contributed by atoms with van der Waals surface area (Å²) in [6.07, 6.45) is 0. The van der Waals surface area contributed by atoms with Crippen LogP contribution in [-0.2, 0) is 6.61 Å². The van der Waals surface area contributed by atoms with Gasteiger partial charge in [-0.1, -0.05) is 6.07 Å². The van der Waals surface area contributed by atoms with Crippen molar-refractivity contribution in [2.45, 2.75) is 13.5 Å². The van der Waals surface area contributed by atoms with Gasteiger partial charge in [0.05, 0.1) is 16.7 Å². The van der Waals surface area contributed by atoms with Crippen LogP contribution in [0.1, 0.15) is 11.3 Å². The molecule has 104 valence electrons. The first-order valence-corrected chi connectivity index (χ1v) is 5.76. The summed E-state index contributed by atoms with van der Waals surface area (Å²) in [7, 11) is 0. The molecule has 0 aliphatic rings. The zero-order chi connectivity index (χ0) is 14.7. The number of hydrogen-bond acceptors (Lipinski definition) is 5. The van der Waals surface area contributed by atoms with Crippen LogP contribution in [0.4, 0.5) is 15.9 Å². The van der Waals surface area contributed by atoms with Crippen molar-refractivity contribution in [3.8, 4) is 5.75 Å². The van der Waals surface area contributed by atoms with E-state index < -0.39 is 10.7 Å². The van der Waals surface area contributed by atoms with Gasteiger partial charge in [-0.25, -0.2) is 9.37 Å². The maximum absolute atomic E-state index is 13.7. The van der Waals surface area contributed by atoms with E-state index in [1.54, 1.807) is 18.2 Å². The highest BCUT2D eigenvalue weighted by Crippen LogP contribution is 2.27. The number of rotatable bonds is 4. The van der Waals surface area contributed by atoms with E-state index in [-0.39, 0.29) is 18.0 Å². The second kappa shape index (κ2) is 5.52. The average Bonchev–Trinajstić information content (AvgIpc) is 2.39. The van der Waals surface area contributed by atoms with Gasteiger partial charge in [0, 0.05) is 5.56 Å². The average molecular weight is 277 g/mol. The van der Waals surface area contributed by atoms with Gasteiger partial charge in [-0.05, 0) is 25.1 Å². The number of anilines is 1. The van der Waals surface area contributed by atoms with Gasteiger partial charge in [-0.3, -0.25) is 10.1 Å². The Morgan fingerprint density at radius 3 is 2.85 bits per heavy atom. The second-order valence-corrected chi connectivity index (χ2v) is 4.17. The molecular weight excluding hydrogens is 265 g/mol. The number of nitro benzene ring substituents is 1. The number of ether oxygens (including phenoxy) is 1. The Bertz CT molecular complexity index is 661. The van der Waals surface area contributed by atoms with Crippen molar-refractivity contribution in [1.29, 1.82) is 0 Å². The molecule has 20 heavy (non-hydrogen) atoms. The van der Waals surface area contributed by atoms with E-state index in [1.807, 2.05) is 0 Å². The third-order valence-corrected chi connectivity index (χ3v) is 2.65. The van der Waals surface area contributed by atoms with Crippen LogP contribution in [0, 0.1) is 22.9 Å². The number of aromatic nitrogens is 1. The Morgan fingerprint density at radius 2 is 2.20 bits per heavy atom.